The van der Waals surface area contributed by atoms with Crippen LogP contribution in [0.3, 0.4) is 0 Å². The summed E-state index contributed by atoms with van der Waals surface area (Å²) < 4.78 is 9.33. The summed E-state index contributed by atoms with van der Waals surface area (Å²) in [5.74, 6) is -0.958. The maximum Gasteiger partial charge on any atom is 0.357 e. The first-order valence-corrected chi connectivity index (χ1v) is 6.14. The van der Waals surface area contributed by atoms with Gasteiger partial charge in [-0.05, 0) is 18.1 Å². The Morgan fingerprint density at radius 3 is 2.45 bits per heavy atom. The van der Waals surface area contributed by atoms with Gasteiger partial charge in [0.25, 0.3) is 0 Å². The number of aryl methyl sites for hydroxylation is 1. The molecular formula is C13H18N2O5. The fraction of sp³-hybridized carbons (Fsp3) is 0.462. The third-order valence-corrected chi connectivity index (χ3v) is 2.67. The van der Waals surface area contributed by atoms with E-state index >= 15 is 0 Å². The number of carbonyl (C=O) groups excluding carboxylic acids is 2. The van der Waals surface area contributed by atoms with E-state index in [4.69, 9.17) is 5.11 Å². The minimum atomic E-state index is -0.715. The van der Waals surface area contributed by atoms with Crippen molar-refractivity contribution in [1.29, 1.82) is 0 Å². The largest absolute Gasteiger partial charge is 0.465 e. The first-order chi connectivity index (χ1) is 9.58. The van der Waals surface area contributed by atoms with E-state index in [1.165, 1.54) is 14.2 Å². The Hall–Kier alpha value is -2.15. The number of carbonyl (C=O) groups is 2. The molecule has 7 nitrogen and oxygen atoms in total. The van der Waals surface area contributed by atoms with Gasteiger partial charge in [-0.15, -0.1) is 0 Å². The lowest BCUT2D eigenvalue weighted by molar-refractivity contribution is 0.0549. The van der Waals surface area contributed by atoms with Crippen molar-refractivity contribution in [3.63, 3.8) is 0 Å². The maximum absolute atomic E-state index is 11.8. The molecule has 1 rings (SSSR count). The second-order valence-electron chi connectivity index (χ2n) is 3.88. The third-order valence-electron chi connectivity index (χ3n) is 2.67. The Kier molecular flexibility index (Phi) is 5.92. The molecule has 0 spiro atoms. The minimum absolute atomic E-state index is 0.0740. The first-order valence-electron chi connectivity index (χ1n) is 6.14. The summed E-state index contributed by atoms with van der Waals surface area (Å²) in [5, 5.41) is 11.7. The number of rotatable bonds is 6. The van der Waals surface area contributed by atoms with Gasteiger partial charge in [0.05, 0.1) is 26.4 Å². The summed E-state index contributed by atoms with van der Waals surface area (Å²) in [7, 11) is 2.45. The Morgan fingerprint density at radius 1 is 1.30 bits per heavy atom. The SMILES string of the molecule is CCc1cc(NCCO)nc(C(=O)OC)c1C(=O)OC. The number of ether oxygens (including phenoxy) is 2. The van der Waals surface area contributed by atoms with Crippen molar-refractivity contribution in [3.8, 4) is 0 Å². The number of methoxy groups -OCH3 is 2. The Balaban J connectivity index is 3.39. The van der Waals surface area contributed by atoms with Crippen molar-refractivity contribution >= 4 is 17.8 Å². The summed E-state index contributed by atoms with van der Waals surface area (Å²) in [4.78, 5) is 27.7. The molecule has 7 heteroatoms. The van der Waals surface area contributed by atoms with Gasteiger partial charge in [-0.25, -0.2) is 14.6 Å². The molecule has 20 heavy (non-hydrogen) atoms. The number of nitrogens with one attached hydrogen (secondary N) is 1. The van der Waals surface area contributed by atoms with E-state index in [2.05, 4.69) is 19.8 Å². The Bertz CT molecular complexity index is 502. The molecule has 110 valence electrons. The van der Waals surface area contributed by atoms with Crippen molar-refractivity contribution in [1.82, 2.24) is 4.98 Å². The quantitative estimate of drug-likeness (QED) is 0.738. The molecule has 0 aromatic carbocycles. The van der Waals surface area contributed by atoms with Crippen LogP contribution in [0.5, 0.6) is 0 Å². The number of aliphatic hydroxyl groups is 1. The zero-order chi connectivity index (χ0) is 15.1. The number of aliphatic hydroxyl groups excluding tert-OH is 1. The summed E-state index contributed by atoms with van der Waals surface area (Å²) in [5.41, 5.74) is 0.628. The van der Waals surface area contributed by atoms with Crippen LogP contribution < -0.4 is 5.32 Å². The van der Waals surface area contributed by atoms with E-state index in [9.17, 15) is 9.59 Å². The Labute approximate surface area is 116 Å². The van der Waals surface area contributed by atoms with Crippen LogP contribution in [-0.2, 0) is 15.9 Å². The van der Waals surface area contributed by atoms with Crippen molar-refractivity contribution < 1.29 is 24.2 Å². The van der Waals surface area contributed by atoms with Gasteiger partial charge in [-0.1, -0.05) is 6.92 Å². The number of anilines is 1. The monoisotopic (exact) mass is 282 g/mol. The summed E-state index contributed by atoms with van der Waals surface area (Å²) in [6.45, 7) is 2.06. The standard InChI is InChI=1S/C13H18N2O5/c1-4-8-7-9(14-5-6-16)15-11(13(18)20-3)10(8)12(17)19-2/h7,16H,4-6H2,1-3H3,(H,14,15). The topological polar surface area (TPSA) is 97.8 Å². The van der Waals surface area contributed by atoms with Gasteiger partial charge < -0.3 is 19.9 Å². The van der Waals surface area contributed by atoms with E-state index in [-0.39, 0.29) is 24.4 Å². The van der Waals surface area contributed by atoms with Crippen molar-refractivity contribution in [2.24, 2.45) is 0 Å². The average Bonchev–Trinajstić information content (AvgIpc) is 2.50. The van der Waals surface area contributed by atoms with Crippen LogP contribution in [0, 0.1) is 0 Å². The van der Waals surface area contributed by atoms with E-state index in [1.54, 1.807) is 6.07 Å². The molecule has 0 saturated heterocycles. The predicted octanol–water partition coefficient (Wildman–Crippen LogP) is 0.621. The zero-order valence-electron chi connectivity index (χ0n) is 11.7. The van der Waals surface area contributed by atoms with E-state index < -0.39 is 11.9 Å². The Morgan fingerprint density at radius 2 is 1.95 bits per heavy atom. The van der Waals surface area contributed by atoms with Crippen LogP contribution in [0.25, 0.3) is 0 Å². The number of nitrogens with zero attached hydrogens (tertiary/aromatic N) is 1. The molecule has 0 saturated carbocycles. The normalized spacial score (nSPS) is 10.0. The highest BCUT2D eigenvalue weighted by molar-refractivity contribution is 6.03. The first kappa shape index (κ1) is 15.9. The van der Waals surface area contributed by atoms with Gasteiger partial charge in [0.1, 0.15) is 5.82 Å². The molecule has 0 aliphatic heterocycles. The fourth-order valence-corrected chi connectivity index (χ4v) is 1.73. The van der Waals surface area contributed by atoms with E-state index in [0.717, 1.165) is 0 Å². The molecule has 0 amide bonds. The summed E-state index contributed by atoms with van der Waals surface area (Å²) in [6, 6.07) is 1.65. The molecule has 0 unspecified atom stereocenters. The molecule has 0 aliphatic rings. The highest BCUT2D eigenvalue weighted by Gasteiger charge is 2.24. The van der Waals surface area contributed by atoms with Crippen LogP contribution in [0.15, 0.2) is 6.07 Å². The van der Waals surface area contributed by atoms with Gasteiger partial charge in [-0.3, -0.25) is 0 Å². The van der Waals surface area contributed by atoms with E-state index in [1.807, 2.05) is 6.92 Å². The van der Waals surface area contributed by atoms with Crippen LogP contribution in [0.1, 0.15) is 33.3 Å². The average molecular weight is 282 g/mol. The lowest BCUT2D eigenvalue weighted by atomic mass is 10.0. The third kappa shape index (κ3) is 3.45. The number of hydrogen-bond donors (Lipinski definition) is 2. The van der Waals surface area contributed by atoms with Crippen molar-refractivity contribution in [3.05, 3.63) is 22.9 Å². The summed E-state index contributed by atoms with van der Waals surface area (Å²) in [6.07, 6.45) is 0.519. The van der Waals surface area contributed by atoms with Crippen LogP contribution in [-0.4, -0.2) is 49.4 Å². The second kappa shape index (κ2) is 7.44. The molecule has 1 aromatic heterocycles. The van der Waals surface area contributed by atoms with E-state index in [0.29, 0.717) is 17.8 Å². The number of aromatic nitrogens is 1. The van der Waals surface area contributed by atoms with Crippen molar-refractivity contribution in [2.75, 3.05) is 32.7 Å². The lowest BCUT2D eigenvalue weighted by Crippen LogP contribution is -2.18. The molecular weight excluding hydrogens is 264 g/mol. The molecule has 1 aromatic rings. The van der Waals surface area contributed by atoms with Crippen molar-refractivity contribution in [2.45, 2.75) is 13.3 Å². The van der Waals surface area contributed by atoms with Gasteiger partial charge in [-0.2, -0.15) is 0 Å². The van der Waals surface area contributed by atoms with Crippen LogP contribution >= 0.6 is 0 Å². The molecule has 0 fully saturated rings. The zero-order valence-corrected chi connectivity index (χ0v) is 11.7. The molecule has 0 aliphatic carbocycles. The summed E-state index contributed by atoms with van der Waals surface area (Å²) >= 11 is 0. The molecule has 0 radical (unpaired) electrons. The molecule has 2 N–H and O–H groups in total. The smallest absolute Gasteiger partial charge is 0.357 e. The van der Waals surface area contributed by atoms with Crippen LogP contribution in [0.2, 0.25) is 0 Å². The number of pyridine rings is 1. The molecule has 0 bridgehead atoms. The van der Waals surface area contributed by atoms with Gasteiger partial charge in [0.15, 0.2) is 5.69 Å². The molecule has 0 atom stereocenters. The molecule has 1 heterocycles. The number of esters is 2. The van der Waals surface area contributed by atoms with Gasteiger partial charge in [0.2, 0.25) is 0 Å². The van der Waals surface area contributed by atoms with Crippen LogP contribution in [0.4, 0.5) is 5.82 Å². The minimum Gasteiger partial charge on any atom is -0.465 e. The maximum atomic E-state index is 11.8. The van der Waals surface area contributed by atoms with Gasteiger partial charge >= 0.3 is 11.9 Å². The second-order valence-corrected chi connectivity index (χ2v) is 3.88. The fourth-order valence-electron chi connectivity index (χ4n) is 1.73. The van der Waals surface area contributed by atoms with Gasteiger partial charge in [0, 0.05) is 6.54 Å². The number of hydrogen-bond acceptors (Lipinski definition) is 7. The predicted molar refractivity (Wildman–Crippen MR) is 71.9 cm³/mol. The highest BCUT2D eigenvalue weighted by atomic mass is 16.5. The lowest BCUT2D eigenvalue weighted by Gasteiger charge is -2.13. The highest BCUT2D eigenvalue weighted by Crippen LogP contribution is 2.20.